The van der Waals surface area contributed by atoms with Crippen molar-refractivity contribution in [2.24, 2.45) is 5.73 Å². The Kier molecular flexibility index (Phi) is 5.78. The highest BCUT2D eigenvalue weighted by Gasteiger charge is 2.24. The van der Waals surface area contributed by atoms with E-state index in [2.05, 4.69) is 4.72 Å². The number of nitrogens with two attached hydrogens (primary N) is 1. The Morgan fingerprint density at radius 3 is 2.35 bits per heavy atom. The van der Waals surface area contributed by atoms with Crippen LogP contribution in [0.4, 0.5) is 0 Å². The summed E-state index contributed by atoms with van der Waals surface area (Å²) >= 11 is 4.77. The third-order valence-electron chi connectivity index (χ3n) is 2.76. The molecular weight excluding hydrogens is 258 g/mol. The van der Waals surface area contributed by atoms with Crippen molar-refractivity contribution in [3.8, 4) is 0 Å². The van der Waals surface area contributed by atoms with E-state index in [1.807, 2.05) is 0 Å². The van der Waals surface area contributed by atoms with Crippen LogP contribution in [0.3, 0.4) is 0 Å². The van der Waals surface area contributed by atoms with Crippen molar-refractivity contribution < 1.29 is 8.42 Å². The molecule has 100 valence electrons. The Hall–Kier alpha value is -0.240. The Bertz CT molecular complexity index is 349. The normalized spacial score (nSPS) is 20.8. The second-order valence-corrected chi connectivity index (χ2v) is 6.73. The van der Waals surface area contributed by atoms with Crippen molar-refractivity contribution in [1.82, 2.24) is 9.03 Å². The standard InChI is InChI=1S/C10H21N3O2S2/c1-9(8-10(11)16)12-17(14,15)13-6-4-2-3-5-7-13/h9,12H,2-8H2,1H3,(H2,11,16). The summed E-state index contributed by atoms with van der Waals surface area (Å²) in [5.41, 5.74) is 5.40. The molecular formula is C10H21N3O2S2. The summed E-state index contributed by atoms with van der Waals surface area (Å²) in [6, 6.07) is -0.249. The zero-order chi connectivity index (χ0) is 12.9. The minimum Gasteiger partial charge on any atom is -0.393 e. The number of hydrogen-bond donors (Lipinski definition) is 2. The Morgan fingerprint density at radius 2 is 1.88 bits per heavy atom. The molecule has 3 N–H and O–H groups in total. The lowest BCUT2D eigenvalue weighted by Gasteiger charge is -2.22. The molecule has 0 spiro atoms. The van der Waals surface area contributed by atoms with Gasteiger partial charge in [0.1, 0.15) is 0 Å². The van der Waals surface area contributed by atoms with Crippen LogP contribution in [-0.4, -0.2) is 36.8 Å². The molecule has 0 amide bonds. The third-order valence-corrected chi connectivity index (χ3v) is 4.67. The lowest BCUT2D eigenvalue weighted by atomic mass is 10.2. The predicted octanol–water partition coefficient (Wildman–Crippen LogP) is 0.761. The molecule has 0 aromatic rings. The minimum atomic E-state index is -3.38. The lowest BCUT2D eigenvalue weighted by Crippen LogP contribution is -2.45. The van der Waals surface area contributed by atoms with Gasteiger partial charge in [0.05, 0.1) is 4.99 Å². The second-order valence-electron chi connectivity index (χ2n) is 4.51. The summed E-state index contributed by atoms with van der Waals surface area (Å²) in [4.78, 5) is 0.330. The molecule has 1 heterocycles. The van der Waals surface area contributed by atoms with Crippen molar-refractivity contribution in [3.63, 3.8) is 0 Å². The predicted molar refractivity (Wildman–Crippen MR) is 73.0 cm³/mol. The van der Waals surface area contributed by atoms with Gasteiger partial charge in [-0.25, -0.2) is 0 Å². The summed E-state index contributed by atoms with van der Waals surface area (Å²) in [6.07, 6.45) is 4.47. The van der Waals surface area contributed by atoms with Gasteiger partial charge in [-0.15, -0.1) is 0 Å². The molecule has 0 radical (unpaired) electrons. The fourth-order valence-corrected chi connectivity index (χ4v) is 3.68. The Labute approximate surface area is 109 Å². The van der Waals surface area contributed by atoms with Gasteiger partial charge in [0.15, 0.2) is 0 Å². The van der Waals surface area contributed by atoms with Crippen LogP contribution in [0.2, 0.25) is 0 Å². The van der Waals surface area contributed by atoms with Gasteiger partial charge in [0.25, 0.3) is 10.2 Å². The van der Waals surface area contributed by atoms with E-state index in [1.165, 1.54) is 4.31 Å². The molecule has 1 atom stereocenters. The van der Waals surface area contributed by atoms with Crippen LogP contribution in [0.1, 0.15) is 39.0 Å². The SMILES string of the molecule is CC(CC(N)=S)NS(=O)(=O)N1CCCCCC1. The second kappa shape index (κ2) is 6.63. The molecule has 1 unspecified atom stereocenters. The molecule has 17 heavy (non-hydrogen) atoms. The van der Waals surface area contributed by atoms with Crippen LogP contribution in [-0.2, 0) is 10.2 Å². The van der Waals surface area contributed by atoms with Crippen LogP contribution in [0.25, 0.3) is 0 Å². The zero-order valence-corrected chi connectivity index (χ0v) is 11.8. The highest BCUT2D eigenvalue weighted by Crippen LogP contribution is 2.12. The highest BCUT2D eigenvalue weighted by atomic mass is 32.2. The summed E-state index contributed by atoms with van der Waals surface area (Å²) in [7, 11) is -3.38. The third kappa shape index (κ3) is 5.29. The fourth-order valence-electron chi connectivity index (χ4n) is 1.95. The van der Waals surface area contributed by atoms with Crippen molar-refractivity contribution in [2.45, 2.75) is 45.1 Å². The first-order valence-corrected chi connectivity index (χ1v) is 7.82. The molecule has 0 aromatic heterocycles. The minimum absolute atomic E-state index is 0.249. The van der Waals surface area contributed by atoms with E-state index in [-0.39, 0.29) is 6.04 Å². The van der Waals surface area contributed by atoms with E-state index in [9.17, 15) is 8.42 Å². The lowest BCUT2D eigenvalue weighted by molar-refractivity contribution is 0.409. The highest BCUT2D eigenvalue weighted by molar-refractivity contribution is 7.87. The maximum Gasteiger partial charge on any atom is 0.279 e. The van der Waals surface area contributed by atoms with Gasteiger partial charge in [-0.2, -0.15) is 17.4 Å². The van der Waals surface area contributed by atoms with Crippen LogP contribution in [0.15, 0.2) is 0 Å². The smallest absolute Gasteiger partial charge is 0.279 e. The first-order chi connectivity index (χ1) is 7.92. The van der Waals surface area contributed by atoms with Crippen LogP contribution >= 0.6 is 12.2 Å². The van der Waals surface area contributed by atoms with E-state index >= 15 is 0 Å². The van der Waals surface area contributed by atoms with Gasteiger partial charge in [-0.3, -0.25) is 0 Å². The summed E-state index contributed by atoms with van der Waals surface area (Å²) in [6.45, 7) is 2.98. The number of hydrogen-bond acceptors (Lipinski definition) is 3. The van der Waals surface area contributed by atoms with Crippen molar-refractivity contribution >= 4 is 27.4 Å². The Morgan fingerprint density at radius 1 is 1.35 bits per heavy atom. The first kappa shape index (κ1) is 14.8. The molecule has 1 rings (SSSR count). The van der Waals surface area contributed by atoms with Crippen molar-refractivity contribution in [1.29, 1.82) is 0 Å². The molecule has 0 bridgehead atoms. The summed E-state index contributed by atoms with van der Waals surface area (Å²) < 4.78 is 28.3. The van der Waals surface area contributed by atoms with Crippen LogP contribution in [0, 0.1) is 0 Å². The van der Waals surface area contributed by atoms with E-state index in [4.69, 9.17) is 18.0 Å². The van der Waals surface area contributed by atoms with Gasteiger partial charge in [-0.1, -0.05) is 25.1 Å². The average molecular weight is 279 g/mol. The van der Waals surface area contributed by atoms with E-state index < -0.39 is 10.2 Å². The number of thiocarbonyl (C=S) groups is 1. The molecule has 1 saturated heterocycles. The molecule has 1 fully saturated rings. The van der Waals surface area contributed by atoms with Gasteiger partial charge in [-0.05, 0) is 19.8 Å². The maximum absolute atomic E-state index is 12.1. The Balaban J connectivity index is 2.57. The first-order valence-electron chi connectivity index (χ1n) is 5.97. The van der Waals surface area contributed by atoms with Crippen LogP contribution in [0.5, 0.6) is 0 Å². The average Bonchev–Trinajstić information content (AvgIpc) is 2.42. The van der Waals surface area contributed by atoms with Crippen molar-refractivity contribution in [3.05, 3.63) is 0 Å². The molecule has 0 aliphatic carbocycles. The summed E-state index contributed by atoms with van der Waals surface area (Å²) in [5, 5.41) is 0. The number of nitrogens with zero attached hydrogens (tertiary/aromatic N) is 1. The van der Waals surface area contributed by atoms with Gasteiger partial charge in [0, 0.05) is 25.6 Å². The number of rotatable bonds is 5. The van der Waals surface area contributed by atoms with Crippen LogP contribution < -0.4 is 10.5 Å². The monoisotopic (exact) mass is 279 g/mol. The molecule has 7 heteroatoms. The van der Waals surface area contributed by atoms with E-state index in [0.717, 1.165) is 25.7 Å². The number of nitrogens with one attached hydrogen (secondary N) is 1. The maximum atomic E-state index is 12.1. The molecule has 5 nitrogen and oxygen atoms in total. The van der Waals surface area contributed by atoms with Gasteiger partial charge < -0.3 is 5.73 Å². The van der Waals surface area contributed by atoms with Gasteiger partial charge >= 0.3 is 0 Å². The molecule has 1 aliphatic heterocycles. The van der Waals surface area contributed by atoms with E-state index in [1.54, 1.807) is 6.92 Å². The largest absolute Gasteiger partial charge is 0.393 e. The molecule has 0 aromatic carbocycles. The molecule has 0 saturated carbocycles. The fraction of sp³-hybridized carbons (Fsp3) is 0.900. The summed E-state index contributed by atoms with van der Waals surface area (Å²) in [5.74, 6) is 0. The van der Waals surface area contributed by atoms with Crippen molar-refractivity contribution in [2.75, 3.05) is 13.1 Å². The topological polar surface area (TPSA) is 75.4 Å². The van der Waals surface area contributed by atoms with E-state index in [0.29, 0.717) is 24.5 Å². The zero-order valence-electron chi connectivity index (χ0n) is 10.2. The molecule has 1 aliphatic rings. The van der Waals surface area contributed by atoms with Gasteiger partial charge in [0.2, 0.25) is 0 Å². The quantitative estimate of drug-likeness (QED) is 0.729.